The maximum atomic E-state index is 12.7. The smallest absolute Gasteiger partial charge is 0.747 e. The molecule has 0 saturated carbocycles. The SMILES string of the molecule is O=C(ON1C(=O)CC(S(=O)(=O)[O-])C1=O)c1ccc(S(=O)(=O)F)cc1.[Na+]. The number of hydrogen-bond acceptors (Lipinski definition) is 9. The van der Waals surface area contributed by atoms with Crippen molar-refractivity contribution in [1.29, 1.82) is 0 Å². The number of amides is 2. The topological polar surface area (TPSA) is 155 Å². The summed E-state index contributed by atoms with van der Waals surface area (Å²) in [5.41, 5.74) is -0.351. The normalized spacial score (nSPS) is 18.0. The van der Waals surface area contributed by atoms with Crippen molar-refractivity contribution in [3.05, 3.63) is 29.8 Å². The van der Waals surface area contributed by atoms with Gasteiger partial charge in [0.1, 0.15) is 15.4 Å². The first-order chi connectivity index (χ1) is 10.9. The molecule has 0 spiro atoms. The second kappa shape index (κ2) is 7.47. The van der Waals surface area contributed by atoms with Crippen LogP contribution in [0.15, 0.2) is 29.2 Å². The van der Waals surface area contributed by atoms with E-state index < -0.39 is 54.7 Å². The maximum Gasteiger partial charge on any atom is 1.00 e. The minimum absolute atomic E-state index is 0. The van der Waals surface area contributed by atoms with Gasteiger partial charge in [-0.15, -0.1) is 8.95 Å². The van der Waals surface area contributed by atoms with E-state index >= 15 is 0 Å². The summed E-state index contributed by atoms with van der Waals surface area (Å²) in [7, 11) is -10.1. The number of hydrogen-bond donors (Lipinski definition) is 0. The quantitative estimate of drug-likeness (QED) is 0.212. The van der Waals surface area contributed by atoms with Crippen molar-refractivity contribution in [2.24, 2.45) is 0 Å². The van der Waals surface area contributed by atoms with E-state index in [0.29, 0.717) is 0 Å². The van der Waals surface area contributed by atoms with Crippen molar-refractivity contribution >= 4 is 38.1 Å². The molecule has 10 nitrogen and oxygen atoms in total. The number of imide groups is 1. The molecule has 1 saturated heterocycles. The van der Waals surface area contributed by atoms with E-state index in [1.54, 1.807) is 0 Å². The molecule has 1 unspecified atom stereocenters. The molecule has 0 radical (unpaired) electrons. The minimum Gasteiger partial charge on any atom is -0.747 e. The van der Waals surface area contributed by atoms with Crippen LogP contribution in [0.2, 0.25) is 0 Å². The van der Waals surface area contributed by atoms with Crippen molar-refractivity contribution in [1.82, 2.24) is 5.06 Å². The molecule has 1 aliphatic heterocycles. The fourth-order valence-electron chi connectivity index (χ4n) is 1.79. The fourth-order valence-corrected chi connectivity index (χ4v) is 2.94. The third kappa shape index (κ3) is 4.83. The van der Waals surface area contributed by atoms with Crippen LogP contribution < -0.4 is 29.6 Å². The molecule has 1 atom stereocenters. The summed E-state index contributed by atoms with van der Waals surface area (Å²) in [6, 6.07) is 3.18. The molecule has 130 valence electrons. The van der Waals surface area contributed by atoms with Gasteiger partial charge in [0, 0.05) is 0 Å². The Balaban J connectivity index is 0.00000312. The summed E-state index contributed by atoms with van der Waals surface area (Å²) < 4.78 is 66.5. The van der Waals surface area contributed by atoms with Crippen LogP contribution in [-0.4, -0.2) is 49.5 Å². The van der Waals surface area contributed by atoms with Crippen LogP contribution in [0.5, 0.6) is 0 Å². The van der Waals surface area contributed by atoms with Gasteiger partial charge < -0.3 is 9.39 Å². The molecule has 0 aliphatic carbocycles. The molecule has 1 aromatic carbocycles. The van der Waals surface area contributed by atoms with E-state index in [4.69, 9.17) is 0 Å². The molecule has 14 heteroatoms. The second-order valence-electron chi connectivity index (χ2n) is 4.55. The average molecular weight is 403 g/mol. The number of benzene rings is 1. The van der Waals surface area contributed by atoms with E-state index in [2.05, 4.69) is 4.84 Å². The first kappa shape index (κ1) is 21.7. The first-order valence-corrected chi connectivity index (χ1v) is 8.85. The van der Waals surface area contributed by atoms with Gasteiger partial charge >= 0.3 is 45.7 Å². The van der Waals surface area contributed by atoms with Crippen molar-refractivity contribution in [2.45, 2.75) is 16.6 Å². The summed E-state index contributed by atoms with van der Waals surface area (Å²) in [5.74, 6) is -4.03. The monoisotopic (exact) mass is 403 g/mol. The summed E-state index contributed by atoms with van der Waals surface area (Å²) >= 11 is 0. The van der Waals surface area contributed by atoms with E-state index in [9.17, 15) is 39.7 Å². The van der Waals surface area contributed by atoms with Crippen LogP contribution in [0.3, 0.4) is 0 Å². The summed E-state index contributed by atoms with van der Waals surface area (Å²) in [6.07, 6.45) is -0.961. The van der Waals surface area contributed by atoms with Gasteiger partial charge in [0.15, 0.2) is 0 Å². The Bertz CT molecular complexity index is 927. The van der Waals surface area contributed by atoms with Crippen LogP contribution in [0, 0.1) is 0 Å². The van der Waals surface area contributed by atoms with Gasteiger partial charge in [-0.25, -0.2) is 13.2 Å². The van der Waals surface area contributed by atoms with Crippen LogP contribution >= 0.6 is 0 Å². The van der Waals surface area contributed by atoms with Crippen molar-refractivity contribution < 1.29 is 74.1 Å². The predicted octanol–water partition coefficient (Wildman–Crippen LogP) is -3.91. The molecule has 0 aromatic heterocycles. The van der Waals surface area contributed by atoms with Crippen LogP contribution in [-0.2, 0) is 34.8 Å². The standard InChI is InChI=1S/C11H8FNO9S2.Na/c12-23(17,18)7-3-1-6(2-4-7)11(16)22-13-9(14)5-8(10(13)15)24(19,20)21;/h1-4,8H,5H2,(H,19,20,21);/q;+1/p-1. The second-order valence-corrected chi connectivity index (χ2v) is 7.45. The number of carbonyl (C=O) groups is 3. The van der Waals surface area contributed by atoms with Crippen LogP contribution in [0.25, 0.3) is 0 Å². The predicted molar refractivity (Wildman–Crippen MR) is 70.1 cm³/mol. The van der Waals surface area contributed by atoms with Gasteiger partial charge in [-0.05, 0) is 24.3 Å². The van der Waals surface area contributed by atoms with Crippen LogP contribution in [0.1, 0.15) is 16.8 Å². The molecule has 2 rings (SSSR count). The molecule has 2 amide bonds. The Morgan fingerprint density at radius 2 is 1.68 bits per heavy atom. The summed E-state index contributed by atoms with van der Waals surface area (Å²) in [4.78, 5) is 38.6. The Labute approximate surface area is 163 Å². The van der Waals surface area contributed by atoms with Crippen molar-refractivity contribution in [3.8, 4) is 0 Å². The zero-order chi connectivity index (χ0) is 18.3. The van der Waals surface area contributed by atoms with Crippen molar-refractivity contribution in [2.75, 3.05) is 0 Å². The number of carbonyl (C=O) groups excluding carboxylic acids is 3. The third-order valence-corrected chi connectivity index (χ3v) is 4.86. The number of rotatable bonds is 4. The molecule has 25 heavy (non-hydrogen) atoms. The summed E-state index contributed by atoms with van der Waals surface area (Å²) in [5, 5.41) is -2.33. The molecule has 1 fully saturated rings. The Morgan fingerprint density at radius 1 is 1.16 bits per heavy atom. The van der Waals surface area contributed by atoms with Gasteiger partial charge in [0.25, 0.3) is 11.8 Å². The zero-order valence-corrected chi connectivity index (χ0v) is 16.0. The van der Waals surface area contributed by atoms with Gasteiger partial charge in [-0.1, -0.05) is 0 Å². The molecule has 0 N–H and O–H groups in total. The fraction of sp³-hybridized carbons (Fsp3) is 0.182. The molecular weight excluding hydrogens is 396 g/mol. The van der Waals surface area contributed by atoms with E-state index in [1.807, 2.05) is 0 Å². The van der Waals surface area contributed by atoms with Gasteiger partial charge in [-0.2, -0.15) is 8.42 Å². The molecule has 0 bridgehead atoms. The van der Waals surface area contributed by atoms with Crippen LogP contribution in [0.4, 0.5) is 3.89 Å². The van der Waals surface area contributed by atoms with Gasteiger partial charge in [-0.3, -0.25) is 9.59 Å². The van der Waals surface area contributed by atoms with E-state index in [0.717, 1.165) is 24.3 Å². The van der Waals surface area contributed by atoms with Gasteiger partial charge in [0.2, 0.25) is 0 Å². The first-order valence-electron chi connectivity index (χ1n) is 6.00. The van der Waals surface area contributed by atoms with Crippen molar-refractivity contribution in [3.63, 3.8) is 0 Å². The zero-order valence-electron chi connectivity index (χ0n) is 12.4. The molecule has 1 heterocycles. The number of hydroxylamine groups is 2. The minimum atomic E-state index is -5.10. The van der Waals surface area contributed by atoms with Gasteiger partial charge in [0.05, 0.1) is 16.9 Å². The number of halogens is 1. The maximum absolute atomic E-state index is 12.7. The number of nitrogens with zero attached hydrogens (tertiary/aromatic N) is 1. The van der Waals surface area contributed by atoms with E-state index in [-0.39, 0.29) is 40.2 Å². The largest absolute Gasteiger partial charge is 1.00 e. The summed E-state index contributed by atoms with van der Waals surface area (Å²) in [6.45, 7) is 0. The average Bonchev–Trinajstić information content (AvgIpc) is 2.74. The Kier molecular flexibility index (Phi) is 6.47. The third-order valence-electron chi connectivity index (χ3n) is 2.96. The Morgan fingerprint density at radius 3 is 2.08 bits per heavy atom. The Hall–Kier alpha value is -1.38. The molecular formula is C11H7FNNaO9S2. The molecule has 1 aliphatic rings. The molecule has 1 aromatic rings. The van der Waals surface area contributed by atoms with E-state index in [1.165, 1.54) is 0 Å².